The summed E-state index contributed by atoms with van der Waals surface area (Å²) in [4.78, 5) is 10.5. The van der Waals surface area contributed by atoms with E-state index < -0.39 is 23.5 Å². The molecule has 0 radical (unpaired) electrons. The Labute approximate surface area is 97.2 Å². The van der Waals surface area contributed by atoms with Crippen molar-refractivity contribution in [2.24, 2.45) is 5.92 Å². The standard InChI is InChI=1S/C11H13F2NO3/c1-6(11(15)16)5-14-9-3-8(13)10(17-2)4-7(9)12/h3-4,6,14H,5H2,1-2H3,(H,15,16). The SMILES string of the molecule is COc1cc(F)c(NCC(C)C(=O)O)cc1F. The Morgan fingerprint density at radius 3 is 2.65 bits per heavy atom. The van der Waals surface area contributed by atoms with E-state index in [-0.39, 0.29) is 18.0 Å². The lowest BCUT2D eigenvalue weighted by molar-refractivity contribution is -0.140. The van der Waals surface area contributed by atoms with Gasteiger partial charge in [0.2, 0.25) is 0 Å². The first-order valence-corrected chi connectivity index (χ1v) is 4.95. The predicted octanol–water partition coefficient (Wildman–Crippen LogP) is 2.11. The summed E-state index contributed by atoms with van der Waals surface area (Å²) < 4.78 is 31.3. The summed E-state index contributed by atoms with van der Waals surface area (Å²) in [6.45, 7) is 1.48. The zero-order valence-corrected chi connectivity index (χ0v) is 9.46. The van der Waals surface area contributed by atoms with E-state index in [1.807, 2.05) is 0 Å². The number of hydrogen-bond donors (Lipinski definition) is 2. The zero-order chi connectivity index (χ0) is 13.0. The zero-order valence-electron chi connectivity index (χ0n) is 9.46. The van der Waals surface area contributed by atoms with Gasteiger partial charge in [-0.3, -0.25) is 4.79 Å². The molecule has 4 nitrogen and oxygen atoms in total. The summed E-state index contributed by atoms with van der Waals surface area (Å²) in [5.41, 5.74) is -0.0867. The number of benzene rings is 1. The number of rotatable bonds is 5. The summed E-state index contributed by atoms with van der Waals surface area (Å²) in [5.74, 6) is -3.30. The lowest BCUT2D eigenvalue weighted by Gasteiger charge is -2.11. The summed E-state index contributed by atoms with van der Waals surface area (Å²) in [6.07, 6.45) is 0. The maximum Gasteiger partial charge on any atom is 0.308 e. The van der Waals surface area contributed by atoms with Crippen LogP contribution in [0.5, 0.6) is 5.75 Å². The molecule has 0 fully saturated rings. The Bertz CT molecular complexity index is 423. The minimum Gasteiger partial charge on any atom is -0.494 e. The van der Waals surface area contributed by atoms with Crippen LogP contribution in [-0.4, -0.2) is 24.7 Å². The molecule has 0 aliphatic heterocycles. The van der Waals surface area contributed by atoms with E-state index >= 15 is 0 Å². The molecule has 0 amide bonds. The molecule has 1 rings (SSSR count). The van der Waals surface area contributed by atoms with Crippen molar-refractivity contribution < 1.29 is 23.4 Å². The van der Waals surface area contributed by atoms with Crippen LogP contribution in [0.25, 0.3) is 0 Å². The molecule has 0 saturated carbocycles. The van der Waals surface area contributed by atoms with Crippen LogP contribution in [0, 0.1) is 17.6 Å². The van der Waals surface area contributed by atoms with Gasteiger partial charge in [-0.05, 0) is 0 Å². The third kappa shape index (κ3) is 3.30. The summed E-state index contributed by atoms with van der Waals surface area (Å²) in [7, 11) is 1.23. The molecular weight excluding hydrogens is 232 g/mol. The quantitative estimate of drug-likeness (QED) is 0.834. The molecule has 1 atom stereocenters. The minimum atomic E-state index is -1.01. The largest absolute Gasteiger partial charge is 0.494 e. The highest BCUT2D eigenvalue weighted by Crippen LogP contribution is 2.24. The van der Waals surface area contributed by atoms with E-state index in [0.29, 0.717) is 0 Å². The fourth-order valence-electron chi connectivity index (χ4n) is 1.17. The highest BCUT2D eigenvalue weighted by molar-refractivity contribution is 5.70. The second-order valence-electron chi connectivity index (χ2n) is 3.59. The highest BCUT2D eigenvalue weighted by Gasteiger charge is 2.14. The van der Waals surface area contributed by atoms with Crippen molar-refractivity contribution in [3.8, 4) is 5.75 Å². The number of carbonyl (C=O) groups is 1. The first-order chi connectivity index (χ1) is 7.95. The van der Waals surface area contributed by atoms with Crippen molar-refractivity contribution in [1.82, 2.24) is 0 Å². The molecule has 2 N–H and O–H groups in total. The Kier molecular flexibility index (Phi) is 4.25. The maximum atomic E-state index is 13.4. The smallest absolute Gasteiger partial charge is 0.308 e. The second-order valence-corrected chi connectivity index (χ2v) is 3.59. The number of ether oxygens (including phenoxy) is 1. The molecule has 6 heteroatoms. The Morgan fingerprint density at radius 1 is 1.47 bits per heavy atom. The van der Waals surface area contributed by atoms with Crippen LogP contribution >= 0.6 is 0 Å². The van der Waals surface area contributed by atoms with Gasteiger partial charge in [0.05, 0.1) is 18.7 Å². The van der Waals surface area contributed by atoms with E-state index in [1.54, 1.807) is 0 Å². The molecule has 0 aliphatic rings. The van der Waals surface area contributed by atoms with E-state index in [4.69, 9.17) is 5.11 Å². The van der Waals surface area contributed by atoms with Crippen LogP contribution in [0.15, 0.2) is 12.1 Å². The molecule has 1 unspecified atom stereocenters. The normalized spacial score (nSPS) is 12.0. The molecule has 1 aromatic rings. The van der Waals surface area contributed by atoms with Gasteiger partial charge in [-0.15, -0.1) is 0 Å². The predicted molar refractivity (Wildman–Crippen MR) is 58.2 cm³/mol. The molecule has 0 saturated heterocycles. The van der Waals surface area contributed by atoms with Gasteiger partial charge in [0.15, 0.2) is 11.6 Å². The average Bonchev–Trinajstić information content (AvgIpc) is 2.29. The van der Waals surface area contributed by atoms with Gasteiger partial charge in [0, 0.05) is 18.7 Å². The van der Waals surface area contributed by atoms with Gasteiger partial charge in [0.25, 0.3) is 0 Å². The number of nitrogens with one attached hydrogen (secondary N) is 1. The summed E-state index contributed by atoms with van der Waals surface area (Å²) >= 11 is 0. The third-order valence-electron chi connectivity index (χ3n) is 2.26. The molecule has 0 bridgehead atoms. The van der Waals surface area contributed by atoms with Crippen molar-refractivity contribution in [3.05, 3.63) is 23.8 Å². The molecule has 0 spiro atoms. The number of methoxy groups -OCH3 is 1. The number of hydrogen-bond acceptors (Lipinski definition) is 3. The molecular formula is C11H13F2NO3. The van der Waals surface area contributed by atoms with E-state index in [9.17, 15) is 13.6 Å². The second kappa shape index (κ2) is 5.47. The number of aliphatic carboxylic acids is 1. The van der Waals surface area contributed by atoms with Gasteiger partial charge in [-0.25, -0.2) is 8.78 Å². The first-order valence-electron chi connectivity index (χ1n) is 4.95. The van der Waals surface area contributed by atoms with Gasteiger partial charge < -0.3 is 15.2 Å². The summed E-state index contributed by atoms with van der Waals surface area (Å²) in [5, 5.41) is 11.2. The van der Waals surface area contributed by atoms with Crippen LogP contribution < -0.4 is 10.1 Å². The third-order valence-corrected chi connectivity index (χ3v) is 2.26. The van der Waals surface area contributed by atoms with Crippen LogP contribution in [-0.2, 0) is 4.79 Å². The first kappa shape index (κ1) is 13.2. The van der Waals surface area contributed by atoms with Crippen LogP contribution in [0.3, 0.4) is 0 Å². The van der Waals surface area contributed by atoms with E-state index in [0.717, 1.165) is 12.1 Å². The summed E-state index contributed by atoms with van der Waals surface area (Å²) in [6, 6.07) is 1.84. The number of carboxylic acids is 1. The minimum absolute atomic E-state index is 0.0119. The molecule has 1 aromatic carbocycles. The molecule has 17 heavy (non-hydrogen) atoms. The van der Waals surface area contributed by atoms with Crippen molar-refractivity contribution in [3.63, 3.8) is 0 Å². The fraction of sp³-hybridized carbons (Fsp3) is 0.364. The highest BCUT2D eigenvalue weighted by atomic mass is 19.1. The molecule has 0 aromatic heterocycles. The van der Waals surface area contributed by atoms with Gasteiger partial charge in [-0.1, -0.05) is 6.92 Å². The Balaban J connectivity index is 2.78. The molecule has 94 valence electrons. The number of carboxylic acid groups (broad SMARTS) is 1. The van der Waals surface area contributed by atoms with Gasteiger partial charge in [-0.2, -0.15) is 0 Å². The average molecular weight is 245 g/mol. The lowest BCUT2D eigenvalue weighted by atomic mass is 10.2. The lowest BCUT2D eigenvalue weighted by Crippen LogP contribution is -2.20. The van der Waals surface area contributed by atoms with E-state index in [2.05, 4.69) is 10.1 Å². The monoisotopic (exact) mass is 245 g/mol. The Hall–Kier alpha value is -1.85. The molecule has 0 aliphatic carbocycles. The van der Waals surface area contributed by atoms with E-state index in [1.165, 1.54) is 14.0 Å². The van der Waals surface area contributed by atoms with Crippen LogP contribution in [0.4, 0.5) is 14.5 Å². The van der Waals surface area contributed by atoms with Crippen LogP contribution in [0.2, 0.25) is 0 Å². The fourth-order valence-corrected chi connectivity index (χ4v) is 1.17. The van der Waals surface area contributed by atoms with Crippen molar-refractivity contribution in [2.45, 2.75) is 6.92 Å². The topological polar surface area (TPSA) is 58.6 Å². The molecule has 0 heterocycles. The van der Waals surface area contributed by atoms with Crippen molar-refractivity contribution >= 4 is 11.7 Å². The van der Waals surface area contributed by atoms with Crippen molar-refractivity contribution in [2.75, 3.05) is 19.0 Å². The number of halogens is 2. The Morgan fingerprint density at radius 2 is 2.12 bits per heavy atom. The van der Waals surface area contributed by atoms with Crippen LogP contribution in [0.1, 0.15) is 6.92 Å². The van der Waals surface area contributed by atoms with Crippen molar-refractivity contribution in [1.29, 1.82) is 0 Å². The van der Waals surface area contributed by atoms with Gasteiger partial charge >= 0.3 is 5.97 Å². The maximum absolute atomic E-state index is 13.4. The van der Waals surface area contributed by atoms with Gasteiger partial charge in [0.1, 0.15) is 5.82 Å². The number of anilines is 1.